The zero-order chi connectivity index (χ0) is 33.1. The van der Waals surface area contributed by atoms with Crippen LogP contribution < -0.4 is 19.7 Å². The summed E-state index contributed by atoms with van der Waals surface area (Å²) >= 11 is 0. The molecular weight excluding hydrogens is 661 g/mol. The van der Waals surface area contributed by atoms with Gasteiger partial charge in [0.1, 0.15) is 5.75 Å². The maximum atomic E-state index is 16.1. The summed E-state index contributed by atoms with van der Waals surface area (Å²) in [6, 6.07) is 25.0. The molecule has 1 aliphatic heterocycles. The highest BCUT2D eigenvalue weighted by Gasteiger charge is 2.77. The third-order valence-corrected chi connectivity index (χ3v) is 16.4. The quantitative estimate of drug-likeness (QED) is 0.130. The minimum absolute atomic E-state index is 0.203. The van der Waals surface area contributed by atoms with Crippen LogP contribution in [-0.4, -0.2) is 46.4 Å². The molecule has 7 aliphatic rings. The molecule has 3 aromatic rings. The van der Waals surface area contributed by atoms with Crippen molar-refractivity contribution >= 4 is 34.5 Å². The zero-order valence-corrected chi connectivity index (χ0v) is 28.0. The van der Waals surface area contributed by atoms with E-state index in [-0.39, 0.29) is 30.6 Å². The van der Waals surface area contributed by atoms with Crippen molar-refractivity contribution in [3.63, 3.8) is 0 Å². The second-order valence-electron chi connectivity index (χ2n) is 15.0. The fourth-order valence-corrected chi connectivity index (χ4v) is 14.2. The third-order valence-electron chi connectivity index (χ3n) is 12.4. The van der Waals surface area contributed by atoms with Crippen LogP contribution in [0.2, 0.25) is 0 Å². The molecule has 6 aliphatic carbocycles. The molecule has 0 N–H and O–H groups in total. The second-order valence-corrected chi connectivity index (χ2v) is 19.1. The Morgan fingerprint density at radius 3 is 1.85 bits per heavy atom. The van der Waals surface area contributed by atoms with E-state index in [1.807, 2.05) is 60.7 Å². The number of hydrogen-bond acceptors (Lipinski definition) is 5. The molecule has 1 spiro atoms. The van der Waals surface area contributed by atoms with Gasteiger partial charge in [-0.15, -0.1) is 0 Å². The van der Waals surface area contributed by atoms with E-state index >= 15 is 17.6 Å². The number of halogens is 4. The first-order valence-electron chi connectivity index (χ1n) is 17.1. The Morgan fingerprint density at radius 1 is 0.688 bits per heavy atom. The van der Waals surface area contributed by atoms with E-state index in [9.17, 15) is 8.42 Å². The molecule has 1 heterocycles. The number of benzene rings is 3. The molecule has 0 aromatic heterocycles. The summed E-state index contributed by atoms with van der Waals surface area (Å²) in [4.78, 5) is 0. The lowest BCUT2D eigenvalue weighted by atomic mass is 9.53. The van der Waals surface area contributed by atoms with Crippen LogP contribution >= 0.6 is 0 Å². The van der Waals surface area contributed by atoms with Gasteiger partial charge in [0.25, 0.3) is 0 Å². The van der Waals surface area contributed by atoms with Crippen molar-refractivity contribution in [3.05, 3.63) is 84.9 Å². The summed E-state index contributed by atoms with van der Waals surface area (Å²) in [6.07, 6.45) is 4.09. The predicted molar refractivity (Wildman–Crippen MR) is 173 cm³/mol. The maximum Gasteiger partial charge on any atom is 0.442 e. The van der Waals surface area contributed by atoms with Crippen molar-refractivity contribution in [3.8, 4) is 5.75 Å². The molecule has 1 saturated heterocycles. The molecule has 6 bridgehead atoms. The summed E-state index contributed by atoms with van der Waals surface area (Å²) in [6.45, 7) is 0. The molecule has 5 atom stereocenters. The van der Waals surface area contributed by atoms with Gasteiger partial charge in [0.2, 0.25) is 0 Å². The fraction of sp³-hybridized carbons (Fsp3) is 0.514. The first-order valence-corrected chi connectivity index (χ1v) is 20.0. The van der Waals surface area contributed by atoms with Crippen LogP contribution in [0.15, 0.2) is 84.9 Å². The Kier molecular flexibility index (Phi) is 7.09. The fourth-order valence-electron chi connectivity index (χ4n) is 10.6. The SMILES string of the molecule is O=S(=O)(Oc1cccc([Si](c2ccccc2)c2ccccc2)c1)C(F)(F)C(F)(F)C1CC2CC1C1OC3(OC21)C1CC2CC(C1)CC3C2. The van der Waals surface area contributed by atoms with Crippen LogP contribution in [0, 0.1) is 41.4 Å². The van der Waals surface area contributed by atoms with Crippen LogP contribution in [0.5, 0.6) is 5.75 Å². The highest BCUT2D eigenvalue weighted by Crippen LogP contribution is 2.68. The second kappa shape index (κ2) is 10.9. The summed E-state index contributed by atoms with van der Waals surface area (Å²) in [5.74, 6) is -7.58. The largest absolute Gasteiger partial charge is 0.442 e. The maximum absolute atomic E-state index is 16.1. The van der Waals surface area contributed by atoms with E-state index in [0.717, 1.165) is 36.1 Å². The monoisotopic (exact) mass is 697 g/mol. The topological polar surface area (TPSA) is 61.8 Å². The molecule has 0 amide bonds. The smallest absolute Gasteiger partial charge is 0.378 e. The van der Waals surface area contributed by atoms with Gasteiger partial charge in [-0.2, -0.15) is 26.0 Å². The molecule has 7 fully saturated rings. The molecule has 11 heteroatoms. The van der Waals surface area contributed by atoms with E-state index in [1.54, 1.807) is 6.07 Å². The Bertz CT molecular complexity index is 1740. The van der Waals surface area contributed by atoms with Crippen molar-refractivity contribution in [2.45, 2.75) is 74.1 Å². The molecule has 3 aromatic carbocycles. The van der Waals surface area contributed by atoms with Crippen LogP contribution in [-0.2, 0) is 19.6 Å². The minimum atomic E-state index is -6.10. The number of rotatable bonds is 8. The lowest BCUT2D eigenvalue weighted by Crippen LogP contribution is -2.59. The molecule has 253 valence electrons. The van der Waals surface area contributed by atoms with Crippen LogP contribution in [0.4, 0.5) is 17.6 Å². The first-order chi connectivity index (χ1) is 23.0. The standard InChI is InChI=1S/C37H37F4O5SSi/c38-36(39,32-20-24-19-31(32)34-33(24)44-35(45-34)25-15-22-14-23(17-25)18-26(35)16-22)37(40,41)47(42,43)46-27-8-7-13-30(21-27)48(28-9-3-1-4-10-28)29-11-5-2-6-12-29/h1-13,21-26,31-34H,14-20H2. The Morgan fingerprint density at radius 2 is 1.25 bits per heavy atom. The number of hydrogen-bond donors (Lipinski definition) is 0. The van der Waals surface area contributed by atoms with E-state index in [4.69, 9.17) is 13.7 Å². The first kappa shape index (κ1) is 31.3. The van der Waals surface area contributed by atoms with E-state index in [2.05, 4.69) is 0 Å². The van der Waals surface area contributed by atoms with Crippen LogP contribution in [0.25, 0.3) is 0 Å². The minimum Gasteiger partial charge on any atom is -0.378 e. The molecule has 5 unspecified atom stereocenters. The number of fused-ring (bicyclic) bond motifs is 5. The van der Waals surface area contributed by atoms with Crippen molar-refractivity contribution in [1.82, 2.24) is 0 Å². The summed E-state index contributed by atoms with van der Waals surface area (Å²) in [7, 11) is -7.80. The van der Waals surface area contributed by atoms with Gasteiger partial charge in [-0.3, -0.25) is 0 Å². The lowest BCUT2D eigenvalue weighted by Gasteiger charge is -2.58. The van der Waals surface area contributed by atoms with Crippen molar-refractivity contribution in [2.75, 3.05) is 0 Å². The van der Waals surface area contributed by atoms with Gasteiger partial charge in [0, 0.05) is 17.8 Å². The summed E-state index contributed by atoms with van der Waals surface area (Å²) in [5, 5.41) is -2.84. The average molecular weight is 698 g/mol. The summed E-state index contributed by atoms with van der Waals surface area (Å²) < 4.78 is 108. The van der Waals surface area contributed by atoms with Crippen molar-refractivity contribution in [2.24, 2.45) is 41.4 Å². The van der Waals surface area contributed by atoms with Gasteiger partial charge in [-0.25, -0.2) is 0 Å². The molecule has 48 heavy (non-hydrogen) atoms. The number of alkyl halides is 4. The van der Waals surface area contributed by atoms with Crippen LogP contribution in [0.1, 0.15) is 44.9 Å². The van der Waals surface area contributed by atoms with E-state index in [0.29, 0.717) is 17.0 Å². The Balaban J connectivity index is 0.963. The van der Waals surface area contributed by atoms with Crippen molar-refractivity contribution < 1.29 is 39.6 Å². The van der Waals surface area contributed by atoms with Gasteiger partial charge >= 0.3 is 21.3 Å². The molecule has 1 radical (unpaired) electrons. The van der Waals surface area contributed by atoms with E-state index < -0.39 is 65.7 Å². The van der Waals surface area contributed by atoms with Gasteiger partial charge in [-0.05, 0) is 85.9 Å². The van der Waals surface area contributed by atoms with Gasteiger partial charge in [0.05, 0.1) is 12.2 Å². The Hall–Kier alpha value is -2.73. The average Bonchev–Trinajstić information content (AvgIpc) is 3.77. The van der Waals surface area contributed by atoms with E-state index in [1.165, 1.54) is 24.6 Å². The lowest BCUT2D eigenvalue weighted by molar-refractivity contribution is -0.304. The molecular formula is C37H37F4O5SSi. The molecule has 5 nitrogen and oxygen atoms in total. The normalized spacial score (nSPS) is 36.6. The third kappa shape index (κ3) is 4.55. The summed E-state index contributed by atoms with van der Waals surface area (Å²) in [5.41, 5.74) is 0. The molecule has 10 rings (SSSR count). The highest BCUT2D eigenvalue weighted by molar-refractivity contribution is 7.88. The predicted octanol–water partition coefficient (Wildman–Crippen LogP) is 5.73. The Labute approximate surface area is 279 Å². The van der Waals surface area contributed by atoms with Gasteiger partial charge in [-0.1, -0.05) is 83.2 Å². The van der Waals surface area contributed by atoms with Gasteiger partial charge in [0.15, 0.2) is 14.6 Å². The van der Waals surface area contributed by atoms with Crippen LogP contribution in [0.3, 0.4) is 0 Å². The highest BCUT2D eigenvalue weighted by atomic mass is 32.2. The van der Waals surface area contributed by atoms with Crippen molar-refractivity contribution in [1.29, 1.82) is 0 Å². The molecule has 6 saturated carbocycles. The number of ether oxygens (including phenoxy) is 2. The van der Waals surface area contributed by atoms with Gasteiger partial charge < -0.3 is 13.7 Å². The zero-order valence-electron chi connectivity index (χ0n) is 26.2.